The monoisotopic (exact) mass is 389 g/mol. The van der Waals surface area contributed by atoms with E-state index >= 15 is 0 Å². The van der Waals surface area contributed by atoms with Gasteiger partial charge in [0.15, 0.2) is 0 Å². The van der Waals surface area contributed by atoms with Gasteiger partial charge in [0, 0.05) is 35.1 Å². The molecule has 1 aliphatic rings. The van der Waals surface area contributed by atoms with E-state index in [0.717, 1.165) is 16.6 Å². The van der Waals surface area contributed by atoms with Crippen molar-refractivity contribution in [2.45, 2.75) is 0 Å². The van der Waals surface area contributed by atoms with Gasteiger partial charge in [-0.25, -0.2) is 0 Å². The molecule has 1 aliphatic heterocycles. The van der Waals surface area contributed by atoms with Crippen LogP contribution in [-0.4, -0.2) is 36.6 Å². The summed E-state index contributed by atoms with van der Waals surface area (Å²) in [5, 5.41) is 3.63. The van der Waals surface area contributed by atoms with Crippen LogP contribution in [0.5, 0.6) is 0 Å². The number of amides is 2. The van der Waals surface area contributed by atoms with Crippen molar-refractivity contribution in [3.63, 3.8) is 0 Å². The van der Waals surface area contributed by atoms with Crippen LogP contribution in [0.3, 0.4) is 0 Å². The lowest BCUT2D eigenvalue weighted by Crippen LogP contribution is -2.41. The summed E-state index contributed by atoms with van der Waals surface area (Å²) in [4.78, 5) is 40.7. The van der Waals surface area contributed by atoms with Crippen molar-refractivity contribution in [2.24, 2.45) is 0 Å². The van der Waals surface area contributed by atoms with Gasteiger partial charge >= 0.3 is 0 Å². The highest BCUT2D eigenvalue weighted by Crippen LogP contribution is 2.19. The highest BCUT2D eigenvalue weighted by atomic mass is 16.5. The maximum Gasteiger partial charge on any atom is 0.255 e. The van der Waals surface area contributed by atoms with Crippen LogP contribution in [0, 0.1) is 0 Å². The summed E-state index contributed by atoms with van der Waals surface area (Å²) < 4.78 is 5.12. The summed E-state index contributed by atoms with van der Waals surface area (Å²) in [6.45, 7) is 1.09. The molecule has 2 heterocycles. The quantitative estimate of drug-likeness (QED) is 0.671. The third kappa shape index (κ3) is 4.25. The molecule has 146 valence electrons. The molecule has 0 aliphatic carbocycles. The van der Waals surface area contributed by atoms with E-state index in [1.54, 1.807) is 35.2 Å². The number of hydrogen-bond donors (Lipinski definition) is 2. The summed E-state index contributed by atoms with van der Waals surface area (Å²) in [6.07, 6.45) is 2.81. The smallest absolute Gasteiger partial charge is 0.255 e. The molecule has 0 bridgehead atoms. The molecule has 29 heavy (non-hydrogen) atoms. The molecule has 0 spiro atoms. The van der Waals surface area contributed by atoms with Gasteiger partial charge in [0.05, 0.1) is 6.61 Å². The van der Waals surface area contributed by atoms with Crippen LogP contribution < -0.4 is 15.8 Å². The zero-order chi connectivity index (χ0) is 20.2. The molecule has 2 amide bonds. The van der Waals surface area contributed by atoms with Gasteiger partial charge in [0.25, 0.3) is 11.5 Å². The average molecular weight is 389 g/mol. The Morgan fingerprint density at radius 3 is 2.69 bits per heavy atom. The highest BCUT2D eigenvalue weighted by molar-refractivity contribution is 6.02. The zero-order valence-corrected chi connectivity index (χ0v) is 15.6. The van der Waals surface area contributed by atoms with Crippen LogP contribution in [-0.2, 0) is 14.3 Å². The molecule has 0 atom stereocenters. The highest BCUT2D eigenvalue weighted by Gasteiger charge is 2.19. The molecule has 3 aromatic rings. The van der Waals surface area contributed by atoms with Gasteiger partial charge in [-0.1, -0.05) is 18.2 Å². The van der Waals surface area contributed by atoms with Crippen molar-refractivity contribution in [1.29, 1.82) is 0 Å². The number of pyridine rings is 1. The Kier molecular flexibility index (Phi) is 5.22. The van der Waals surface area contributed by atoms with Crippen LogP contribution in [0.15, 0.2) is 65.5 Å². The van der Waals surface area contributed by atoms with Crippen LogP contribution in [0.1, 0.15) is 5.56 Å². The molecular formula is C22H19N3O4. The van der Waals surface area contributed by atoms with Gasteiger partial charge < -0.3 is 19.9 Å². The standard InChI is InChI=1S/C22H19N3O4/c26-20(10-5-16-13-15-3-1-2-4-19(15)24-22(16)28)23-17-6-8-18(9-7-17)25-11-12-29-14-21(25)27/h1-10,13H,11-12,14H2,(H,23,26)(H,24,28)/b10-5+. The predicted molar refractivity (Wildman–Crippen MR) is 112 cm³/mol. The molecule has 0 radical (unpaired) electrons. The second-order valence-corrected chi connectivity index (χ2v) is 6.61. The van der Waals surface area contributed by atoms with Crippen molar-refractivity contribution in [3.05, 3.63) is 76.6 Å². The Morgan fingerprint density at radius 1 is 1.10 bits per heavy atom. The van der Waals surface area contributed by atoms with Gasteiger partial charge in [-0.2, -0.15) is 0 Å². The normalized spacial score (nSPS) is 14.5. The lowest BCUT2D eigenvalue weighted by molar-refractivity contribution is -0.125. The second-order valence-electron chi connectivity index (χ2n) is 6.61. The number of nitrogens with zero attached hydrogens (tertiary/aromatic N) is 1. The van der Waals surface area contributed by atoms with E-state index in [0.29, 0.717) is 24.4 Å². The topological polar surface area (TPSA) is 91.5 Å². The number of ether oxygens (including phenoxy) is 1. The Bertz CT molecular complexity index is 1150. The molecule has 1 aromatic heterocycles. The fraction of sp³-hybridized carbons (Fsp3) is 0.136. The number of anilines is 2. The van der Waals surface area contributed by atoms with E-state index in [9.17, 15) is 14.4 Å². The maximum absolute atomic E-state index is 12.2. The molecule has 7 nitrogen and oxygen atoms in total. The van der Waals surface area contributed by atoms with E-state index in [1.807, 2.05) is 24.3 Å². The number of carbonyl (C=O) groups excluding carboxylic acids is 2. The first-order valence-electron chi connectivity index (χ1n) is 9.19. The Hall–Kier alpha value is -3.71. The van der Waals surface area contributed by atoms with Crippen LogP contribution in [0.4, 0.5) is 11.4 Å². The summed E-state index contributed by atoms with van der Waals surface area (Å²) in [6, 6.07) is 16.2. The van der Waals surface area contributed by atoms with Crippen LogP contribution in [0.25, 0.3) is 17.0 Å². The van der Waals surface area contributed by atoms with Crippen molar-refractivity contribution >= 4 is 40.2 Å². The second kappa shape index (κ2) is 8.12. The summed E-state index contributed by atoms with van der Waals surface area (Å²) >= 11 is 0. The van der Waals surface area contributed by atoms with Gasteiger partial charge in [-0.05, 0) is 47.9 Å². The molecule has 1 fully saturated rings. The van der Waals surface area contributed by atoms with Crippen LogP contribution >= 0.6 is 0 Å². The van der Waals surface area contributed by atoms with Crippen LogP contribution in [0.2, 0.25) is 0 Å². The predicted octanol–water partition coefficient (Wildman–Crippen LogP) is 2.54. The molecular weight excluding hydrogens is 370 g/mol. The lowest BCUT2D eigenvalue weighted by atomic mass is 10.1. The number of para-hydroxylation sites is 1. The van der Waals surface area contributed by atoms with Gasteiger partial charge in [0.1, 0.15) is 6.61 Å². The fourth-order valence-corrected chi connectivity index (χ4v) is 3.15. The van der Waals surface area contributed by atoms with Crippen molar-refractivity contribution in [3.8, 4) is 0 Å². The van der Waals surface area contributed by atoms with Crippen molar-refractivity contribution in [2.75, 3.05) is 30.0 Å². The number of fused-ring (bicyclic) bond motifs is 1. The first-order valence-corrected chi connectivity index (χ1v) is 9.19. The van der Waals surface area contributed by atoms with Crippen molar-refractivity contribution in [1.82, 2.24) is 4.98 Å². The number of hydrogen-bond acceptors (Lipinski definition) is 4. The largest absolute Gasteiger partial charge is 0.370 e. The zero-order valence-electron chi connectivity index (χ0n) is 15.6. The number of H-pyrrole nitrogens is 1. The van der Waals surface area contributed by atoms with E-state index in [1.165, 1.54) is 12.2 Å². The molecule has 1 saturated heterocycles. The first kappa shape index (κ1) is 18.6. The number of aromatic amines is 1. The van der Waals surface area contributed by atoms with Crippen molar-refractivity contribution < 1.29 is 14.3 Å². The number of benzene rings is 2. The third-order valence-electron chi connectivity index (χ3n) is 4.63. The minimum atomic E-state index is -0.354. The molecule has 0 unspecified atom stereocenters. The Morgan fingerprint density at radius 2 is 1.90 bits per heavy atom. The van der Waals surface area contributed by atoms with E-state index < -0.39 is 0 Å². The Labute approximate surface area is 166 Å². The Balaban J connectivity index is 1.44. The number of rotatable bonds is 4. The maximum atomic E-state index is 12.2. The number of aromatic nitrogens is 1. The lowest BCUT2D eigenvalue weighted by Gasteiger charge is -2.26. The molecule has 7 heteroatoms. The van der Waals surface area contributed by atoms with Gasteiger partial charge in [-0.3, -0.25) is 14.4 Å². The number of carbonyl (C=O) groups is 2. The minimum absolute atomic E-state index is 0.0805. The molecule has 2 aromatic carbocycles. The SMILES string of the molecule is O=C(/C=C/c1cc2ccccc2[nH]c1=O)Nc1ccc(N2CCOCC2=O)cc1. The molecule has 0 saturated carbocycles. The molecule has 4 rings (SSSR count). The molecule has 2 N–H and O–H groups in total. The average Bonchev–Trinajstić information content (AvgIpc) is 2.73. The minimum Gasteiger partial charge on any atom is -0.370 e. The van der Waals surface area contributed by atoms with E-state index in [2.05, 4.69) is 10.3 Å². The van der Waals surface area contributed by atoms with E-state index in [-0.39, 0.29) is 24.0 Å². The fourth-order valence-electron chi connectivity index (χ4n) is 3.15. The summed E-state index contributed by atoms with van der Waals surface area (Å²) in [7, 11) is 0. The number of morpholine rings is 1. The summed E-state index contributed by atoms with van der Waals surface area (Å²) in [5.74, 6) is -0.440. The first-order chi connectivity index (χ1) is 14.1. The van der Waals surface area contributed by atoms with Gasteiger partial charge in [0.2, 0.25) is 5.91 Å². The van der Waals surface area contributed by atoms with E-state index in [4.69, 9.17) is 4.74 Å². The number of nitrogens with one attached hydrogen (secondary N) is 2. The van der Waals surface area contributed by atoms with Gasteiger partial charge in [-0.15, -0.1) is 0 Å². The third-order valence-corrected chi connectivity index (χ3v) is 4.63. The summed E-state index contributed by atoms with van der Waals surface area (Å²) in [5.41, 5.74) is 2.25.